The van der Waals surface area contributed by atoms with E-state index in [0.29, 0.717) is 0 Å². The van der Waals surface area contributed by atoms with Crippen molar-refractivity contribution in [1.82, 2.24) is 0 Å². The summed E-state index contributed by atoms with van der Waals surface area (Å²) in [6, 6.07) is 6.54. The average molecular weight is 209 g/mol. The van der Waals surface area contributed by atoms with Crippen LogP contribution in [0.25, 0.3) is 0 Å². The third kappa shape index (κ3) is 1.54. The Morgan fingerprint density at radius 3 is 1.87 bits per heavy atom. The van der Waals surface area contributed by atoms with Crippen LogP contribution >= 0.6 is 0 Å². The molecule has 7 nitrogen and oxygen atoms in total. The standard InChI is InChI=1S/C8H5N2O5/c11-6-8(9(12)13,10(14)15)7-4-2-1-3-5-7/h1-5H. The van der Waals surface area contributed by atoms with Gasteiger partial charge < -0.3 is 0 Å². The van der Waals surface area contributed by atoms with Crippen molar-refractivity contribution in [2.45, 2.75) is 5.66 Å². The van der Waals surface area contributed by atoms with Gasteiger partial charge in [0, 0.05) is 0 Å². The molecule has 0 spiro atoms. The van der Waals surface area contributed by atoms with Crippen molar-refractivity contribution in [2.75, 3.05) is 0 Å². The summed E-state index contributed by atoms with van der Waals surface area (Å²) in [5.41, 5.74) is -3.35. The van der Waals surface area contributed by atoms with Crippen LogP contribution in [0.2, 0.25) is 0 Å². The predicted molar refractivity (Wildman–Crippen MR) is 47.8 cm³/mol. The lowest BCUT2D eigenvalue weighted by Gasteiger charge is -2.09. The minimum absolute atomic E-state index is 0.324. The summed E-state index contributed by atoms with van der Waals surface area (Å²) in [6.07, 6.45) is 0.883. The van der Waals surface area contributed by atoms with Gasteiger partial charge in [-0.05, 0) is 12.1 Å². The fraction of sp³-hybridized carbons (Fsp3) is 0.125. The number of nitro groups is 2. The van der Waals surface area contributed by atoms with Gasteiger partial charge in [-0.3, -0.25) is 25.0 Å². The Morgan fingerprint density at radius 2 is 1.53 bits per heavy atom. The number of rotatable bonds is 4. The molecule has 0 bridgehead atoms. The van der Waals surface area contributed by atoms with Gasteiger partial charge in [-0.1, -0.05) is 18.2 Å². The Hall–Kier alpha value is -2.31. The van der Waals surface area contributed by atoms with Crippen LogP contribution < -0.4 is 0 Å². The highest BCUT2D eigenvalue weighted by Gasteiger charge is 2.60. The maximum absolute atomic E-state index is 10.6. The second-order valence-electron chi connectivity index (χ2n) is 2.65. The number of hydrogen-bond acceptors (Lipinski definition) is 5. The van der Waals surface area contributed by atoms with Gasteiger partial charge in [-0.2, -0.15) is 0 Å². The molecular weight excluding hydrogens is 204 g/mol. The highest BCUT2D eigenvalue weighted by atomic mass is 16.7. The zero-order valence-corrected chi connectivity index (χ0v) is 7.32. The molecule has 0 atom stereocenters. The highest BCUT2D eigenvalue weighted by molar-refractivity contribution is 5.63. The second-order valence-corrected chi connectivity index (χ2v) is 2.65. The van der Waals surface area contributed by atoms with Crippen molar-refractivity contribution in [2.24, 2.45) is 0 Å². The Balaban J connectivity index is 3.42. The molecule has 0 amide bonds. The van der Waals surface area contributed by atoms with E-state index in [1.54, 1.807) is 0 Å². The Bertz CT molecular complexity index is 389. The van der Waals surface area contributed by atoms with Crippen LogP contribution in [-0.2, 0) is 10.5 Å². The lowest BCUT2D eigenvalue weighted by molar-refractivity contribution is -0.784. The van der Waals surface area contributed by atoms with Crippen LogP contribution in [0, 0.1) is 20.2 Å². The summed E-state index contributed by atoms with van der Waals surface area (Å²) in [7, 11) is 0. The summed E-state index contributed by atoms with van der Waals surface area (Å²) in [5.74, 6) is 0. The quantitative estimate of drug-likeness (QED) is 0.408. The van der Waals surface area contributed by atoms with E-state index < -0.39 is 15.5 Å². The van der Waals surface area contributed by atoms with Crippen LogP contribution in [0.4, 0.5) is 0 Å². The van der Waals surface area contributed by atoms with E-state index in [4.69, 9.17) is 0 Å². The fourth-order valence-electron chi connectivity index (χ4n) is 1.08. The molecule has 0 fully saturated rings. The van der Waals surface area contributed by atoms with Crippen LogP contribution in [0.1, 0.15) is 5.56 Å². The van der Waals surface area contributed by atoms with Gasteiger partial charge in [0.1, 0.15) is 15.4 Å². The smallest absolute Gasteiger partial charge is 0.273 e. The van der Waals surface area contributed by atoms with Gasteiger partial charge in [0.25, 0.3) is 0 Å². The van der Waals surface area contributed by atoms with Gasteiger partial charge >= 0.3 is 11.9 Å². The first kappa shape index (κ1) is 10.8. The molecule has 7 heteroatoms. The van der Waals surface area contributed by atoms with Gasteiger partial charge in [-0.15, -0.1) is 0 Å². The number of carbonyl (C=O) groups excluding carboxylic acids is 1. The SMILES string of the molecule is O=[C]C(c1ccccc1)([N+](=O)[O-])[N+](=O)[O-]. The molecule has 77 valence electrons. The summed E-state index contributed by atoms with van der Waals surface area (Å²) < 4.78 is 0. The van der Waals surface area contributed by atoms with Crippen LogP contribution in [-0.4, -0.2) is 16.1 Å². The molecule has 1 aromatic carbocycles. The molecular formula is C8H5N2O5. The van der Waals surface area contributed by atoms with E-state index in [0.717, 1.165) is 18.4 Å². The summed E-state index contributed by atoms with van der Waals surface area (Å²) in [6.45, 7) is 0. The molecule has 0 aliphatic rings. The van der Waals surface area contributed by atoms with Gasteiger partial charge in [0.2, 0.25) is 0 Å². The van der Waals surface area contributed by atoms with E-state index in [9.17, 15) is 25.0 Å². The normalized spacial score (nSPS) is 10.7. The monoisotopic (exact) mass is 209 g/mol. The summed E-state index contributed by atoms with van der Waals surface area (Å²) in [4.78, 5) is 29.2. The minimum atomic E-state index is -3.03. The molecule has 0 aliphatic carbocycles. The predicted octanol–water partition coefficient (Wildman–Crippen LogP) is 0.502. The van der Waals surface area contributed by atoms with Crippen LogP contribution in [0.15, 0.2) is 30.3 Å². The maximum Gasteiger partial charge on any atom is 0.550 e. The molecule has 0 saturated heterocycles. The van der Waals surface area contributed by atoms with Crippen molar-refractivity contribution in [1.29, 1.82) is 0 Å². The lowest BCUT2D eigenvalue weighted by Crippen LogP contribution is -2.44. The zero-order chi connectivity index (χ0) is 11.5. The Kier molecular flexibility index (Phi) is 2.75. The molecule has 0 saturated carbocycles. The van der Waals surface area contributed by atoms with Crippen molar-refractivity contribution < 1.29 is 14.6 Å². The van der Waals surface area contributed by atoms with Crippen molar-refractivity contribution in [3.63, 3.8) is 0 Å². The molecule has 1 radical (unpaired) electrons. The lowest BCUT2D eigenvalue weighted by atomic mass is 10.0. The van der Waals surface area contributed by atoms with Crippen molar-refractivity contribution in [3.8, 4) is 0 Å². The second kappa shape index (κ2) is 3.82. The third-order valence-corrected chi connectivity index (χ3v) is 1.85. The summed E-state index contributed by atoms with van der Waals surface area (Å²) in [5, 5.41) is 21.2. The molecule has 1 aromatic rings. The van der Waals surface area contributed by atoms with E-state index in [-0.39, 0.29) is 5.56 Å². The minimum Gasteiger partial charge on any atom is -0.273 e. The molecule has 0 unspecified atom stereocenters. The first-order chi connectivity index (χ1) is 7.05. The topological polar surface area (TPSA) is 103 Å². The van der Waals surface area contributed by atoms with Crippen LogP contribution in [0.5, 0.6) is 0 Å². The Morgan fingerprint density at radius 1 is 1.07 bits per heavy atom. The molecule has 0 N–H and O–H groups in total. The first-order valence-electron chi connectivity index (χ1n) is 3.79. The zero-order valence-electron chi connectivity index (χ0n) is 7.32. The van der Waals surface area contributed by atoms with Crippen LogP contribution in [0.3, 0.4) is 0 Å². The van der Waals surface area contributed by atoms with Gasteiger partial charge in [-0.25, -0.2) is 0 Å². The van der Waals surface area contributed by atoms with Gasteiger partial charge in [0.05, 0.1) is 0 Å². The molecule has 0 heterocycles. The number of nitrogens with zero attached hydrogens (tertiary/aromatic N) is 2. The average Bonchev–Trinajstić information content (AvgIpc) is 2.20. The van der Waals surface area contributed by atoms with E-state index in [1.165, 1.54) is 18.2 Å². The first-order valence-corrected chi connectivity index (χ1v) is 3.79. The third-order valence-electron chi connectivity index (χ3n) is 1.85. The van der Waals surface area contributed by atoms with Crippen molar-refractivity contribution >= 4 is 6.29 Å². The molecule has 0 aliphatic heterocycles. The van der Waals surface area contributed by atoms with Crippen molar-refractivity contribution in [3.05, 3.63) is 56.1 Å². The summed E-state index contributed by atoms with van der Waals surface area (Å²) >= 11 is 0. The van der Waals surface area contributed by atoms with E-state index in [2.05, 4.69) is 0 Å². The maximum atomic E-state index is 10.6. The highest BCUT2D eigenvalue weighted by Crippen LogP contribution is 2.22. The molecule has 0 aromatic heterocycles. The van der Waals surface area contributed by atoms with E-state index in [1.807, 2.05) is 0 Å². The largest absolute Gasteiger partial charge is 0.550 e. The van der Waals surface area contributed by atoms with Gasteiger partial charge in [0.15, 0.2) is 0 Å². The molecule has 1 rings (SSSR count). The number of hydrogen-bond donors (Lipinski definition) is 0. The fourth-order valence-corrected chi connectivity index (χ4v) is 1.08. The van der Waals surface area contributed by atoms with E-state index >= 15 is 0 Å². The Labute approximate surface area is 83.6 Å². The number of benzene rings is 1. The molecule has 15 heavy (non-hydrogen) atoms.